The number of aromatic nitrogens is 2. The monoisotopic (exact) mass is 414 g/mol. The molecule has 1 aliphatic rings. The number of anilines is 4. The summed E-state index contributed by atoms with van der Waals surface area (Å²) in [5.41, 5.74) is 4.23. The van der Waals surface area contributed by atoms with E-state index in [1.54, 1.807) is 12.3 Å². The van der Waals surface area contributed by atoms with Gasteiger partial charge >= 0.3 is 0 Å². The predicted molar refractivity (Wildman–Crippen MR) is 119 cm³/mol. The molecule has 8 heteroatoms. The highest BCUT2D eigenvalue weighted by molar-refractivity contribution is 5.92. The number of morpholine rings is 1. The van der Waals surface area contributed by atoms with E-state index in [4.69, 9.17) is 10.00 Å². The summed E-state index contributed by atoms with van der Waals surface area (Å²) in [5, 5.41) is 14.6. The van der Waals surface area contributed by atoms with Crippen LogP contribution in [-0.4, -0.2) is 42.2 Å². The molecule has 0 atom stereocenters. The van der Waals surface area contributed by atoms with Crippen molar-refractivity contribution in [3.63, 3.8) is 0 Å². The minimum Gasteiger partial charge on any atom is -0.378 e. The first-order valence-electron chi connectivity index (χ1n) is 10.0. The summed E-state index contributed by atoms with van der Waals surface area (Å²) >= 11 is 0. The Morgan fingerprint density at radius 2 is 1.90 bits per heavy atom. The second-order valence-electron chi connectivity index (χ2n) is 7.00. The third-order valence-electron chi connectivity index (χ3n) is 4.84. The van der Waals surface area contributed by atoms with Crippen LogP contribution in [0.15, 0.2) is 60.8 Å². The van der Waals surface area contributed by atoms with Gasteiger partial charge in [0.05, 0.1) is 25.0 Å². The van der Waals surface area contributed by atoms with Gasteiger partial charge in [-0.25, -0.2) is 9.97 Å². The highest BCUT2D eigenvalue weighted by Gasteiger charge is 2.11. The summed E-state index contributed by atoms with van der Waals surface area (Å²) in [7, 11) is 0. The van der Waals surface area contributed by atoms with Gasteiger partial charge in [0.2, 0.25) is 11.9 Å². The molecule has 1 aliphatic heterocycles. The zero-order valence-corrected chi connectivity index (χ0v) is 16.9. The SMILES string of the molecule is N#CCC(=O)Nc1cccc(-c2ccnc(Nc3ccc(N4CCOCC4)cc3)n2)c1. The van der Waals surface area contributed by atoms with Crippen molar-refractivity contribution in [1.29, 1.82) is 5.26 Å². The van der Waals surface area contributed by atoms with Gasteiger partial charge in [-0.2, -0.15) is 5.26 Å². The van der Waals surface area contributed by atoms with Crippen LogP contribution in [0.2, 0.25) is 0 Å². The molecule has 0 radical (unpaired) electrons. The molecule has 3 aromatic rings. The van der Waals surface area contributed by atoms with E-state index in [-0.39, 0.29) is 12.3 Å². The lowest BCUT2D eigenvalue weighted by Gasteiger charge is -2.28. The molecule has 0 saturated carbocycles. The number of hydrogen-bond donors (Lipinski definition) is 2. The number of nitrogens with one attached hydrogen (secondary N) is 2. The standard InChI is InChI=1S/C23H22N6O2/c24-10-8-22(30)26-19-3-1-2-17(16-19)21-9-11-25-23(28-21)27-18-4-6-20(7-5-18)29-12-14-31-15-13-29/h1-7,9,11,16H,8,12-15H2,(H,26,30)(H,25,27,28). The molecule has 4 rings (SSSR count). The first-order valence-corrected chi connectivity index (χ1v) is 10.0. The molecular weight excluding hydrogens is 392 g/mol. The van der Waals surface area contributed by atoms with Gasteiger partial charge in [0.1, 0.15) is 6.42 Å². The van der Waals surface area contributed by atoms with Gasteiger partial charge in [0.25, 0.3) is 0 Å². The van der Waals surface area contributed by atoms with E-state index in [9.17, 15) is 4.79 Å². The molecule has 1 saturated heterocycles. The minimum absolute atomic E-state index is 0.184. The van der Waals surface area contributed by atoms with Gasteiger partial charge in [-0.05, 0) is 42.5 Å². The molecule has 1 fully saturated rings. The quantitative estimate of drug-likeness (QED) is 0.635. The zero-order chi connectivity index (χ0) is 21.5. The van der Waals surface area contributed by atoms with Crippen LogP contribution in [0.1, 0.15) is 6.42 Å². The fourth-order valence-electron chi connectivity index (χ4n) is 3.32. The van der Waals surface area contributed by atoms with Crippen LogP contribution in [0, 0.1) is 11.3 Å². The molecule has 0 bridgehead atoms. The Morgan fingerprint density at radius 3 is 2.68 bits per heavy atom. The summed E-state index contributed by atoms with van der Waals surface area (Å²) in [4.78, 5) is 22.9. The molecule has 1 aromatic heterocycles. The Kier molecular flexibility index (Phi) is 6.35. The summed E-state index contributed by atoms with van der Waals surface area (Å²) in [6.45, 7) is 3.30. The number of nitrogens with zero attached hydrogens (tertiary/aromatic N) is 4. The third kappa shape index (κ3) is 5.35. The molecule has 2 aromatic carbocycles. The molecule has 0 spiro atoms. The normalized spacial score (nSPS) is 13.3. The van der Waals surface area contributed by atoms with Crippen LogP contribution in [0.25, 0.3) is 11.3 Å². The molecule has 2 N–H and O–H groups in total. The minimum atomic E-state index is -0.342. The highest BCUT2D eigenvalue weighted by atomic mass is 16.5. The number of nitriles is 1. The Labute approximate surface area is 180 Å². The van der Waals surface area contributed by atoms with Crippen molar-refractivity contribution in [3.05, 3.63) is 60.8 Å². The lowest BCUT2D eigenvalue weighted by molar-refractivity contribution is -0.115. The Hall–Kier alpha value is -3.96. The summed E-state index contributed by atoms with van der Waals surface area (Å²) in [6.07, 6.45) is 1.50. The van der Waals surface area contributed by atoms with Crippen LogP contribution in [0.5, 0.6) is 0 Å². The van der Waals surface area contributed by atoms with Crippen molar-refractivity contribution in [2.24, 2.45) is 0 Å². The summed E-state index contributed by atoms with van der Waals surface area (Å²) in [6, 6.07) is 19.1. The molecule has 2 heterocycles. The van der Waals surface area contributed by atoms with Gasteiger partial charge in [0.15, 0.2) is 0 Å². The van der Waals surface area contributed by atoms with E-state index in [0.29, 0.717) is 11.6 Å². The number of amides is 1. The summed E-state index contributed by atoms with van der Waals surface area (Å²) in [5.74, 6) is 0.140. The van der Waals surface area contributed by atoms with E-state index in [1.165, 1.54) is 5.69 Å². The van der Waals surface area contributed by atoms with E-state index in [1.807, 2.05) is 42.5 Å². The molecule has 156 valence electrons. The van der Waals surface area contributed by atoms with Crippen molar-refractivity contribution < 1.29 is 9.53 Å². The number of rotatable bonds is 6. The zero-order valence-electron chi connectivity index (χ0n) is 16.9. The largest absolute Gasteiger partial charge is 0.378 e. The van der Waals surface area contributed by atoms with Crippen LogP contribution in [0.3, 0.4) is 0 Å². The third-order valence-corrected chi connectivity index (χ3v) is 4.84. The van der Waals surface area contributed by atoms with Crippen molar-refractivity contribution in [3.8, 4) is 17.3 Å². The van der Waals surface area contributed by atoms with Crippen molar-refractivity contribution in [2.45, 2.75) is 6.42 Å². The topological polar surface area (TPSA) is 103 Å². The Balaban J connectivity index is 1.46. The maximum atomic E-state index is 11.7. The first-order chi connectivity index (χ1) is 15.2. The lowest BCUT2D eigenvalue weighted by Crippen LogP contribution is -2.36. The van der Waals surface area contributed by atoms with Gasteiger partial charge in [-0.3, -0.25) is 4.79 Å². The number of hydrogen-bond acceptors (Lipinski definition) is 7. The van der Waals surface area contributed by atoms with Crippen molar-refractivity contribution >= 4 is 28.9 Å². The average molecular weight is 414 g/mol. The molecule has 1 amide bonds. The number of carbonyl (C=O) groups excluding carboxylic acids is 1. The first kappa shape index (κ1) is 20.3. The van der Waals surface area contributed by atoms with E-state index in [2.05, 4.69) is 37.6 Å². The van der Waals surface area contributed by atoms with Gasteiger partial charge in [-0.1, -0.05) is 12.1 Å². The van der Waals surface area contributed by atoms with Gasteiger partial charge in [0, 0.05) is 41.9 Å². The Bertz CT molecular complexity index is 1090. The number of ether oxygens (including phenoxy) is 1. The summed E-state index contributed by atoms with van der Waals surface area (Å²) < 4.78 is 5.40. The average Bonchev–Trinajstić information content (AvgIpc) is 2.81. The molecule has 0 aliphatic carbocycles. The van der Waals surface area contributed by atoms with Crippen LogP contribution in [-0.2, 0) is 9.53 Å². The smallest absolute Gasteiger partial charge is 0.238 e. The Morgan fingerprint density at radius 1 is 1.10 bits per heavy atom. The van der Waals surface area contributed by atoms with Gasteiger partial charge in [-0.15, -0.1) is 0 Å². The van der Waals surface area contributed by atoms with Crippen LogP contribution >= 0.6 is 0 Å². The van der Waals surface area contributed by atoms with Crippen LogP contribution in [0.4, 0.5) is 23.0 Å². The van der Waals surface area contributed by atoms with Crippen LogP contribution < -0.4 is 15.5 Å². The highest BCUT2D eigenvalue weighted by Crippen LogP contribution is 2.24. The lowest BCUT2D eigenvalue weighted by atomic mass is 10.1. The fourth-order valence-corrected chi connectivity index (χ4v) is 3.32. The molecule has 8 nitrogen and oxygen atoms in total. The fraction of sp³-hybridized carbons (Fsp3) is 0.217. The maximum absolute atomic E-state index is 11.7. The second kappa shape index (κ2) is 9.69. The van der Waals surface area contributed by atoms with Crippen molar-refractivity contribution in [1.82, 2.24) is 9.97 Å². The van der Waals surface area contributed by atoms with Gasteiger partial charge < -0.3 is 20.3 Å². The molecule has 31 heavy (non-hydrogen) atoms. The number of benzene rings is 2. The predicted octanol–water partition coefficient (Wildman–Crippen LogP) is 3.58. The number of carbonyl (C=O) groups is 1. The van der Waals surface area contributed by atoms with E-state index >= 15 is 0 Å². The molecular formula is C23H22N6O2. The van der Waals surface area contributed by atoms with E-state index < -0.39 is 0 Å². The maximum Gasteiger partial charge on any atom is 0.238 e. The molecule has 0 unspecified atom stereocenters. The van der Waals surface area contributed by atoms with Crippen molar-refractivity contribution in [2.75, 3.05) is 41.8 Å². The second-order valence-corrected chi connectivity index (χ2v) is 7.00. The van der Waals surface area contributed by atoms with E-state index in [0.717, 1.165) is 43.2 Å².